The summed E-state index contributed by atoms with van der Waals surface area (Å²) < 4.78 is 5.74. The molecule has 10 nitrogen and oxygen atoms in total. The standard InChI is InChI=1S/C26H23N7O3/c27-17-19-6-8-21(9-7-19)22-16-25(30-29-22)32-14-12-31(13-15-32)24-11-10-23(33(34)35)26(28-24)36-18-20-4-2-1-3-5-20/h1-11,16H,12-15,18H2,(H,29,30). The number of pyridine rings is 1. The van der Waals surface area contributed by atoms with E-state index < -0.39 is 4.92 Å². The highest BCUT2D eigenvalue weighted by molar-refractivity contribution is 5.64. The molecule has 1 N–H and O–H groups in total. The maximum atomic E-state index is 11.5. The van der Waals surface area contributed by atoms with Crippen LogP contribution >= 0.6 is 0 Å². The molecule has 36 heavy (non-hydrogen) atoms. The Morgan fingerprint density at radius 2 is 1.67 bits per heavy atom. The number of nitriles is 1. The van der Waals surface area contributed by atoms with Crippen LogP contribution in [0.3, 0.4) is 0 Å². The topological polar surface area (TPSA) is 124 Å². The summed E-state index contributed by atoms with van der Waals surface area (Å²) in [6.07, 6.45) is 0. The van der Waals surface area contributed by atoms with Crippen LogP contribution in [0.5, 0.6) is 5.88 Å². The molecule has 2 aromatic carbocycles. The van der Waals surface area contributed by atoms with Gasteiger partial charge in [0.05, 0.1) is 22.2 Å². The van der Waals surface area contributed by atoms with E-state index in [4.69, 9.17) is 10.00 Å². The molecule has 10 heteroatoms. The van der Waals surface area contributed by atoms with Crippen molar-refractivity contribution in [2.75, 3.05) is 36.0 Å². The summed E-state index contributed by atoms with van der Waals surface area (Å²) in [5, 5.41) is 28.0. The zero-order valence-corrected chi connectivity index (χ0v) is 19.4. The maximum absolute atomic E-state index is 11.5. The number of rotatable bonds is 7. The van der Waals surface area contributed by atoms with Crippen molar-refractivity contribution in [2.24, 2.45) is 0 Å². The van der Waals surface area contributed by atoms with Crippen LogP contribution in [0, 0.1) is 21.4 Å². The summed E-state index contributed by atoms with van der Waals surface area (Å²) in [7, 11) is 0. The molecule has 5 rings (SSSR count). The number of piperazine rings is 1. The molecular formula is C26H23N7O3. The minimum Gasteiger partial charge on any atom is -0.468 e. The lowest BCUT2D eigenvalue weighted by molar-refractivity contribution is -0.386. The molecule has 0 unspecified atom stereocenters. The molecule has 0 aliphatic carbocycles. The van der Waals surface area contributed by atoms with Gasteiger partial charge >= 0.3 is 5.69 Å². The van der Waals surface area contributed by atoms with Gasteiger partial charge in [-0.05, 0) is 29.3 Å². The first kappa shape index (κ1) is 22.9. The van der Waals surface area contributed by atoms with E-state index in [2.05, 4.69) is 31.1 Å². The van der Waals surface area contributed by atoms with E-state index in [0.29, 0.717) is 24.5 Å². The van der Waals surface area contributed by atoms with Crippen LogP contribution in [0.25, 0.3) is 11.3 Å². The van der Waals surface area contributed by atoms with E-state index in [1.165, 1.54) is 6.07 Å². The molecule has 0 bridgehead atoms. The third kappa shape index (κ3) is 4.95. The number of anilines is 2. The van der Waals surface area contributed by atoms with Gasteiger partial charge in [0, 0.05) is 38.3 Å². The lowest BCUT2D eigenvalue weighted by atomic mass is 10.1. The number of nitrogens with zero attached hydrogens (tertiary/aromatic N) is 6. The third-order valence-corrected chi connectivity index (χ3v) is 6.06. The van der Waals surface area contributed by atoms with Crippen molar-refractivity contribution >= 4 is 17.3 Å². The van der Waals surface area contributed by atoms with Gasteiger partial charge < -0.3 is 14.5 Å². The van der Waals surface area contributed by atoms with E-state index in [1.54, 1.807) is 18.2 Å². The largest absolute Gasteiger partial charge is 0.468 e. The van der Waals surface area contributed by atoms with Crippen molar-refractivity contribution < 1.29 is 9.66 Å². The highest BCUT2D eigenvalue weighted by Gasteiger charge is 2.24. The zero-order valence-electron chi connectivity index (χ0n) is 19.4. The molecule has 3 heterocycles. The average Bonchev–Trinajstić information content (AvgIpc) is 3.43. The van der Waals surface area contributed by atoms with Crippen LogP contribution in [0.2, 0.25) is 0 Å². The number of hydrogen-bond donors (Lipinski definition) is 1. The van der Waals surface area contributed by atoms with E-state index in [9.17, 15) is 10.1 Å². The normalized spacial score (nSPS) is 13.3. The lowest BCUT2D eigenvalue weighted by Gasteiger charge is -2.35. The minimum absolute atomic E-state index is 0.0168. The van der Waals surface area contributed by atoms with Crippen molar-refractivity contribution in [3.63, 3.8) is 0 Å². The van der Waals surface area contributed by atoms with Crippen LogP contribution in [-0.2, 0) is 6.61 Å². The smallest absolute Gasteiger partial charge is 0.331 e. The van der Waals surface area contributed by atoms with Crippen LogP contribution in [-0.4, -0.2) is 46.3 Å². The molecule has 0 spiro atoms. The number of aromatic amines is 1. The molecule has 1 aliphatic heterocycles. The first-order valence-electron chi connectivity index (χ1n) is 11.5. The summed E-state index contributed by atoms with van der Waals surface area (Å²) in [5.74, 6) is 1.50. The van der Waals surface area contributed by atoms with Gasteiger partial charge in [0.1, 0.15) is 12.4 Å². The van der Waals surface area contributed by atoms with E-state index in [0.717, 1.165) is 35.7 Å². The Labute approximate surface area is 207 Å². The molecule has 4 aromatic rings. The fourth-order valence-corrected chi connectivity index (χ4v) is 4.08. The maximum Gasteiger partial charge on any atom is 0.331 e. The zero-order chi connectivity index (χ0) is 24.9. The SMILES string of the molecule is N#Cc1ccc(-c2cc(N3CCN(c4ccc([N+](=O)[O-])c(OCc5ccccc5)n4)CC3)n[nH]2)cc1. The second-order valence-corrected chi connectivity index (χ2v) is 8.33. The second kappa shape index (κ2) is 10.1. The Kier molecular flexibility index (Phi) is 6.44. The molecule has 180 valence electrons. The average molecular weight is 482 g/mol. The van der Waals surface area contributed by atoms with Gasteiger partial charge in [-0.25, -0.2) is 0 Å². The molecule has 1 fully saturated rings. The summed E-state index contributed by atoms with van der Waals surface area (Å²) in [4.78, 5) is 19.8. The third-order valence-electron chi connectivity index (χ3n) is 6.06. The second-order valence-electron chi connectivity index (χ2n) is 8.33. The fraction of sp³-hybridized carbons (Fsp3) is 0.192. The molecule has 1 aliphatic rings. The summed E-state index contributed by atoms with van der Waals surface area (Å²) >= 11 is 0. The van der Waals surface area contributed by atoms with Crippen LogP contribution in [0.15, 0.2) is 72.8 Å². The van der Waals surface area contributed by atoms with Gasteiger partial charge in [0.2, 0.25) is 0 Å². The number of aromatic nitrogens is 3. The highest BCUT2D eigenvalue weighted by Crippen LogP contribution is 2.30. The fourth-order valence-electron chi connectivity index (χ4n) is 4.08. The molecule has 2 aromatic heterocycles. The summed E-state index contributed by atoms with van der Waals surface area (Å²) in [5.41, 5.74) is 3.22. The Hall–Kier alpha value is -4.91. The van der Waals surface area contributed by atoms with Crippen molar-refractivity contribution in [3.8, 4) is 23.2 Å². The monoisotopic (exact) mass is 481 g/mol. The number of H-pyrrole nitrogens is 1. The van der Waals surface area contributed by atoms with Gasteiger partial charge in [-0.1, -0.05) is 42.5 Å². The van der Waals surface area contributed by atoms with E-state index >= 15 is 0 Å². The molecular weight excluding hydrogens is 458 g/mol. The van der Waals surface area contributed by atoms with E-state index in [1.807, 2.05) is 48.5 Å². The van der Waals surface area contributed by atoms with Crippen molar-refractivity contribution in [3.05, 3.63) is 94.0 Å². The van der Waals surface area contributed by atoms with Gasteiger partial charge in [0.25, 0.3) is 5.88 Å². The minimum atomic E-state index is -0.474. The van der Waals surface area contributed by atoms with Crippen LogP contribution < -0.4 is 14.5 Å². The Morgan fingerprint density at radius 3 is 2.33 bits per heavy atom. The van der Waals surface area contributed by atoms with Crippen LogP contribution in [0.1, 0.15) is 11.1 Å². The van der Waals surface area contributed by atoms with Gasteiger partial charge in [-0.15, -0.1) is 0 Å². The quantitative estimate of drug-likeness (QED) is 0.308. The summed E-state index contributed by atoms with van der Waals surface area (Å²) in [6.45, 7) is 3.00. The molecule has 0 radical (unpaired) electrons. The van der Waals surface area contributed by atoms with Crippen LogP contribution in [0.4, 0.5) is 17.3 Å². The predicted molar refractivity (Wildman–Crippen MR) is 135 cm³/mol. The van der Waals surface area contributed by atoms with Crippen molar-refractivity contribution in [2.45, 2.75) is 6.61 Å². The first-order valence-corrected chi connectivity index (χ1v) is 11.5. The Bertz CT molecular complexity index is 1390. The molecule has 0 amide bonds. The summed E-state index contributed by atoms with van der Waals surface area (Å²) in [6, 6.07) is 24.1. The van der Waals surface area contributed by atoms with Gasteiger partial charge in [0.15, 0.2) is 5.82 Å². The highest BCUT2D eigenvalue weighted by atomic mass is 16.6. The van der Waals surface area contributed by atoms with Gasteiger partial charge in [-0.2, -0.15) is 15.3 Å². The van der Waals surface area contributed by atoms with Crippen molar-refractivity contribution in [1.29, 1.82) is 5.26 Å². The molecule has 1 saturated heterocycles. The van der Waals surface area contributed by atoms with Crippen molar-refractivity contribution in [1.82, 2.24) is 15.2 Å². The molecule has 0 saturated carbocycles. The number of nitrogens with one attached hydrogen (secondary N) is 1. The number of hydrogen-bond acceptors (Lipinski definition) is 8. The number of ether oxygens (including phenoxy) is 1. The molecule has 0 atom stereocenters. The lowest BCUT2D eigenvalue weighted by Crippen LogP contribution is -2.47. The number of benzene rings is 2. The van der Waals surface area contributed by atoms with Gasteiger partial charge in [-0.3, -0.25) is 15.2 Å². The Balaban J connectivity index is 1.25. The number of nitro groups is 1. The van der Waals surface area contributed by atoms with E-state index in [-0.39, 0.29) is 18.2 Å². The Morgan fingerprint density at radius 1 is 0.972 bits per heavy atom. The predicted octanol–water partition coefficient (Wildman–Crippen LogP) is 4.16. The first-order chi connectivity index (χ1) is 17.6.